The average molecular weight is 367 g/mol. The van der Waals surface area contributed by atoms with Crippen LogP contribution in [0.3, 0.4) is 0 Å². The maximum Gasteiger partial charge on any atom is 0.338 e. The van der Waals surface area contributed by atoms with Gasteiger partial charge in [-0.25, -0.2) is 13.2 Å². The van der Waals surface area contributed by atoms with E-state index in [1.54, 1.807) is 17.0 Å². The van der Waals surface area contributed by atoms with Gasteiger partial charge in [0.1, 0.15) is 0 Å². The zero-order valence-corrected chi connectivity index (χ0v) is 15.4. The van der Waals surface area contributed by atoms with Crippen molar-refractivity contribution in [3.8, 4) is 0 Å². The molecule has 138 valence electrons. The summed E-state index contributed by atoms with van der Waals surface area (Å²) >= 11 is 0. The van der Waals surface area contributed by atoms with E-state index in [2.05, 4.69) is 0 Å². The molecule has 0 spiro atoms. The lowest BCUT2D eigenvalue weighted by Gasteiger charge is -2.24. The van der Waals surface area contributed by atoms with Gasteiger partial charge in [0.25, 0.3) is 5.91 Å². The monoisotopic (exact) mass is 367 g/mol. The molecule has 0 unspecified atom stereocenters. The molecule has 6 nitrogen and oxygen atoms in total. The third-order valence-electron chi connectivity index (χ3n) is 4.15. The second kappa shape index (κ2) is 8.99. The lowest BCUT2D eigenvalue weighted by Crippen LogP contribution is -2.36. The first kappa shape index (κ1) is 19.4. The molecule has 1 aromatic rings. The van der Waals surface area contributed by atoms with Gasteiger partial charge in [-0.15, -0.1) is 0 Å². The number of sulfone groups is 1. The van der Waals surface area contributed by atoms with Crippen LogP contribution in [-0.2, 0) is 25.1 Å². The van der Waals surface area contributed by atoms with E-state index in [0.29, 0.717) is 11.1 Å². The first-order valence-corrected chi connectivity index (χ1v) is 10.6. The first-order valence-electron chi connectivity index (χ1n) is 8.57. The summed E-state index contributed by atoms with van der Waals surface area (Å²) in [5.41, 5.74) is 0.911. The Labute approximate surface area is 149 Å². The summed E-state index contributed by atoms with van der Waals surface area (Å²) in [6.07, 6.45) is 6.60. The topological polar surface area (TPSA) is 80.7 Å². The van der Waals surface area contributed by atoms with Crippen LogP contribution < -0.4 is 0 Å². The SMILES string of the molecule is CS(=O)(=O)Cc1ccc(C(=O)OCC(=O)N2CCCCCCC2)cc1. The molecule has 0 radical (unpaired) electrons. The fraction of sp³-hybridized carbons (Fsp3) is 0.556. The van der Waals surface area contributed by atoms with E-state index in [1.165, 1.54) is 18.6 Å². The van der Waals surface area contributed by atoms with Crippen molar-refractivity contribution >= 4 is 21.7 Å². The van der Waals surface area contributed by atoms with Crippen molar-refractivity contribution in [1.82, 2.24) is 4.90 Å². The Morgan fingerprint density at radius 3 is 2.12 bits per heavy atom. The van der Waals surface area contributed by atoms with Gasteiger partial charge in [0.2, 0.25) is 0 Å². The van der Waals surface area contributed by atoms with Crippen LogP contribution in [0.25, 0.3) is 0 Å². The average Bonchev–Trinajstić information content (AvgIpc) is 2.51. The minimum absolute atomic E-state index is 0.0736. The van der Waals surface area contributed by atoms with E-state index in [4.69, 9.17) is 4.74 Å². The van der Waals surface area contributed by atoms with Crippen molar-refractivity contribution in [3.05, 3.63) is 35.4 Å². The standard InChI is InChI=1S/C18H25NO5S/c1-25(22,23)14-15-7-9-16(10-8-15)18(21)24-13-17(20)19-11-5-3-2-4-6-12-19/h7-10H,2-6,11-14H2,1H3. The van der Waals surface area contributed by atoms with Crippen molar-refractivity contribution in [2.75, 3.05) is 26.0 Å². The van der Waals surface area contributed by atoms with Crippen LogP contribution in [0.4, 0.5) is 0 Å². The zero-order valence-electron chi connectivity index (χ0n) is 14.6. The second-order valence-corrected chi connectivity index (χ2v) is 8.63. The van der Waals surface area contributed by atoms with Crippen LogP contribution in [-0.4, -0.2) is 51.1 Å². The van der Waals surface area contributed by atoms with Gasteiger partial charge in [-0.05, 0) is 30.5 Å². The predicted molar refractivity (Wildman–Crippen MR) is 94.9 cm³/mol. The van der Waals surface area contributed by atoms with E-state index in [1.807, 2.05) is 0 Å². The molecule has 1 amide bonds. The molecule has 25 heavy (non-hydrogen) atoms. The summed E-state index contributed by atoms with van der Waals surface area (Å²) in [4.78, 5) is 26.0. The molecule has 0 aromatic heterocycles. The van der Waals surface area contributed by atoms with Gasteiger partial charge in [0.05, 0.1) is 11.3 Å². The molecule has 0 aliphatic carbocycles. The highest BCUT2D eigenvalue weighted by Gasteiger charge is 2.17. The number of nitrogens with zero attached hydrogens (tertiary/aromatic N) is 1. The predicted octanol–water partition coefficient (Wildman–Crippen LogP) is 2.18. The maximum absolute atomic E-state index is 12.2. The third-order valence-corrected chi connectivity index (χ3v) is 5.01. The molecule has 1 heterocycles. The lowest BCUT2D eigenvalue weighted by atomic mass is 10.1. The lowest BCUT2D eigenvalue weighted by molar-refractivity contribution is -0.134. The minimum Gasteiger partial charge on any atom is -0.452 e. The Balaban J connectivity index is 1.85. The third kappa shape index (κ3) is 6.86. The number of benzene rings is 1. The molecule has 1 saturated heterocycles. The van der Waals surface area contributed by atoms with Gasteiger partial charge in [0.15, 0.2) is 16.4 Å². The van der Waals surface area contributed by atoms with Crippen molar-refractivity contribution < 1.29 is 22.7 Å². The quantitative estimate of drug-likeness (QED) is 0.745. The van der Waals surface area contributed by atoms with Gasteiger partial charge < -0.3 is 9.64 Å². The number of likely N-dealkylation sites (tertiary alicyclic amines) is 1. The van der Waals surface area contributed by atoms with Gasteiger partial charge in [-0.2, -0.15) is 0 Å². The zero-order chi connectivity index (χ0) is 18.3. The van der Waals surface area contributed by atoms with Gasteiger partial charge >= 0.3 is 5.97 Å². The van der Waals surface area contributed by atoms with Crippen molar-refractivity contribution in [2.45, 2.75) is 37.9 Å². The van der Waals surface area contributed by atoms with Crippen LogP contribution in [0.5, 0.6) is 0 Å². The second-order valence-electron chi connectivity index (χ2n) is 6.49. The molecular formula is C18H25NO5S. The molecule has 0 saturated carbocycles. The van der Waals surface area contributed by atoms with E-state index >= 15 is 0 Å². The van der Waals surface area contributed by atoms with E-state index < -0.39 is 15.8 Å². The molecule has 2 rings (SSSR count). The van der Waals surface area contributed by atoms with E-state index in [0.717, 1.165) is 45.0 Å². The van der Waals surface area contributed by atoms with Crippen molar-refractivity contribution in [2.24, 2.45) is 0 Å². The van der Waals surface area contributed by atoms with Crippen LogP contribution in [0.2, 0.25) is 0 Å². The summed E-state index contributed by atoms with van der Waals surface area (Å²) in [5.74, 6) is -0.814. The van der Waals surface area contributed by atoms with Crippen molar-refractivity contribution in [1.29, 1.82) is 0 Å². The number of carbonyl (C=O) groups excluding carboxylic acids is 2. The Kier molecular flexibility index (Phi) is 6.99. The first-order chi connectivity index (χ1) is 11.8. The fourth-order valence-corrected chi connectivity index (χ4v) is 3.64. The molecule has 0 atom stereocenters. The van der Waals surface area contributed by atoms with Gasteiger partial charge in [-0.3, -0.25) is 4.79 Å². The number of amides is 1. The smallest absolute Gasteiger partial charge is 0.338 e. The number of esters is 1. The molecule has 1 aromatic carbocycles. The molecule has 0 N–H and O–H groups in total. The number of hydrogen-bond acceptors (Lipinski definition) is 5. The van der Waals surface area contributed by atoms with Crippen molar-refractivity contribution in [3.63, 3.8) is 0 Å². The highest BCUT2D eigenvalue weighted by atomic mass is 32.2. The molecule has 1 aliphatic rings. The normalized spacial score (nSPS) is 16.0. The van der Waals surface area contributed by atoms with Crippen LogP contribution in [0.1, 0.15) is 48.0 Å². The molecule has 1 fully saturated rings. The number of rotatable bonds is 5. The summed E-state index contributed by atoms with van der Waals surface area (Å²) in [6, 6.07) is 6.20. The Bertz CT molecular complexity index is 689. The summed E-state index contributed by atoms with van der Waals surface area (Å²) in [6.45, 7) is 1.18. The van der Waals surface area contributed by atoms with E-state index in [-0.39, 0.29) is 18.3 Å². The highest BCUT2D eigenvalue weighted by molar-refractivity contribution is 7.89. The Morgan fingerprint density at radius 1 is 1.00 bits per heavy atom. The summed E-state index contributed by atoms with van der Waals surface area (Å²) in [5, 5.41) is 0. The summed E-state index contributed by atoms with van der Waals surface area (Å²) in [7, 11) is -3.12. The van der Waals surface area contributed by atoms with Crippen LogP contribution in [0, 0.1) is 0 Å². The Morgan fingerprint density at radius 2 is 1.56 bits per heavy atom. The minimum atomic E-state index is -3.12. The van der Waals surface area contributed by atoms with Crippen LogP contribution >= 0.6 is 0 Å². The molecular weight excluding hydrogens is 342 g/mol. The Hall–Kier alpha value is -1.89. The number of hydrogen-bond donors (Lipinski definition) is 0. The highest BCUT2D eigenvalue weighted by Crippen LogP contribution is 2.12. The number of ether oxygens (including phenoxy) is 1. The largest absolute Gasteiger partial charge is 0.452 e. The van der Waals surface area contributed by atoms with E-state index in [9.17, 15) is 18.0 Å². The van der Waals surface area contributed by atoms with Crippen LogP contribution in [0.15, 0.2) is 24.3 Å². The molecule has 1 aliphatic heterocycles. The summed E-state index contributed by atoms with van der Waals surface area (Å²) < 4.78 is 27.6. The molecule has 7 heteroatoms. The number of carbonyl (C=O) groups is 2. The molecule has 0 bridgehead atoms. The fourth-order valence-electron chi connectivity index (χ4n) is 2.84. The van der Waals surface area contributed by atoms with Gasteiger partial charge in [-0.1, -0.05) is 31.4 Å². The van der Waals surface area contributed by atoms with Gasteiger partial charge in [0, 0.05) is 19.3 Å². The maximum atomic E-state index is 12.2.